The van der Waals surface area contributed by atoms with Crippen molar-refractivity contribution >= 4 is 12.2 Å². The number of benzene rings is 1. The van der Waals surface area contributed by atoms with E-state index in [-0.39, 0.29) is 0 Å². The highest BCUT2D eigenvalue weighted by Crippen LogP contribution is 2.16. The number of aromatic nitrogens is 3. The summed E-state index contributed by atoms with van der Waals surface area (Å²) in [6, 6.07) is 11.9. The average Bonchev–Trinajstić information content (AvgIpc) is 3.48. The van der Waals surface area contributed by atoms with E-state index in [4.69, 9.17) is 13.6 Å². The molecule has 0 N–H and O–H groups in total. The van der Waals surface area contributed by atoms with Crippen LogP contribution in [0.15, 0.2) is 76.5 Å². The smallest absolute Gasteiger partial charge is 0.219 e. The van der Waals surface area contributed by atoms with Crippen LogP contribution in [0.1, 0.15) is 29.3 Å². The van der Waals surface area contributed by atoms with Gasteiger partial charge in [0.15, 0.2) is 0 Å². The van der Waals surface area contributed by atoms with Crippen molar-refractivity contribution in [2.24, 2.45) is 0 Å². The molecule has 0 fully saturated rings. The zero-order valence-corrected chi connectivity index (χ0v) is 15.4. The lowest BCUT2D eigenvalue weighted by Crippen LogP contribution is -1.98. The van der Waals surface area contributed by atoms with Crippen LogP contribution in [-0.4, -0.2) is 14.5 Å². The molecule has 0 saturated heterocycles. The third kappa shape index (κ3) is 5.01. The maximum Gasteiger partial charge on any atom is 0.219 e. The van der Waals surface area contributed by atoms with Gasteiger partial charge in [-0.1, -0.05) is 12.1 Å². The number of hydrogen-bond acceptors (Lipinski definition) is 5. The second-order valence-electron chi connectivity index (χ2n) is 6.36. The lowest BCUT2D eigenvalue weighted by molar-refractivity contribution is 0.301. The van der Waals surface area contributed by atoms with E-state index in [1.807, 2.05) is 42.9 Å². The van der Waals surface area contributed by atoms with Gasteiger partial charge in [-0.05, 0) is 48.7 Å². The van der Waals surface area contributed by atoms with Gasteiger partial charge in [0.1, 0.15) is 30.1 Å². The van der Waals surface area contributed by atoms with Crippen molar-refractivity contribution in [2.75, 3.05) is 0 Å². The average molecular weight is 375 g/mol. The zero-order valence-electron chi connectivity index (χ0n) is 15.4. The fourth-order valence-corrected chi connectivity index (χ4v) is 2.80. The first-order chi connectivity index (χ1) is 13.8. The largest absolute Gasteiger partial charge is 0.487 e. The van der Waals surface area contributed by atoms with E-state index in [0.29, 0.717) is 12.5 Å². The first-order valence-corrected chi connectivity index (χ1v) is 9.19. The van der Waals surface area contributed by atoms with Crippen LogP contribution in [0.4, 0.5) is 0 Å². The van der Waals surface area contributed by atoms with Gasteiger partial charge in [0.2, 0.25) is 5.89 Å². The predicted octanol–water partition coefficient (Wildman–Crippen LogP) is 4.85. The summed E-state index contributed by atoms with van der Waals surface area (Å²) in [5.41, 5.74) is 2.03. The number of nitrogens with zero attached hydrogens (tertiary/aromatic N) is 3. The molecule has 0 atom stereocenters. The van der Waals surface area contributed by atoms with E-state index in [9.17, 15) is 0 Å². The van der Waals surface area contributed by atoms with Gasteiger partial charge in [0.05, 0.1) is 12.6 Å². The van der Waals surface area contributed by atoms with Gasteiger partial charge in [-0.2, -0.15) is 0 Å². The van der Waals surface area contributed by atoms with Crippen LogP contribution in [0.3, 0.4) is 0 Å². The molecule has 0 unspecified atom stereocenters. The minimum atomic E-state index is 0.359. The summed E-state index contributed by atoms with van der Waals surface area (Å²) in [5.74, 6) is 2.08. The Bertz CT molecular complexity index is 984. The highest BCUT2D eigenvalue weighted by atomic mass is 16.5. The summed E-state index contributed by atoms with van der Waals surface area (Å²) >= 11 is 0. The highest BCUT2D eigenvalue weighted by molar-refractivity contribution is 5.62. The molecule has 0 aliphatic carbocycles. The van der Waals surface area contributed by atoms with Crippen molar-refractivity contribution in [3.63, 3.8) is 0 Å². The van der Waals surface area contributed by atoms with E-state index in [0.717, 1.165) is 36.6 Å². The molecule has 0 bridgehead atoms. The fraction of sp³-hybridized carbons (Fsp3) is 0.182. The van der Waals surface area contributed by atoms with E-state index in [2.05, 4.69) is 26.7 Å². The van der Waals surface area contributed by atoms with Crippen molar-refractivity contribution in [3.8, 4) is 5.75 Å². The number of hydrogen-bond donors (Lipinski definition) is 0. The number of imidazole rings is 1. The molecule has 0 spiro atoms. The number of furan rings is 1. The van der Waals surface area contributed by atoms with Crippen LogP contribution >= 0.6 is 0 Å². The molecule has 0 amide bonds. The van der Waals surface area contributed by atoms with Crippen molar-refractivity contribution in [1.29, 1.82) is 0 Å². The van der Waals surface area contributed by atoms with Crippen LogP contribution in [0.5, 0.6) is 5.75 Å². The van der Waals surface area contributed by atoms with Gasteiger partial charge in [0, 0.05) is 25.0 Å². The number of ether oxygens (including phenoxy) is 1. The Morgan fingerprint density at radius 1 is 1.07 bits per heavy atom. The van der Waals surface area contributed by atoms with E-state index in [1.165, 1.54) is 5.56 Å². The normalized spacial score (nSPS) is 11.3. The molecule has 4 rings (SSSR count). The third-order valence-electron chi connectivity index (χ3n) is 4.25. The van der Waals surface area contributed by atoms with Gasteiger partial charge in [-0.25, -0.2) is 9.97 Å². The molecule has 0 aliphatic heterocycles. The Hall–Kier alpha value is -3.54. The second kappa shape index (κ2) is 8.90. The summed E-state index contributed by atoms with van der Waals surface area (Å²) in [5, 5.41) is 0. The molecule has 28 heavy (non-hydrogen) atoms. The molecule has 0 saturated carbocycles. The molecule has 0 aliphatic rings. The number of oxazole rings is 1. The van der Waals surface area contributed by atoms with Crippen molar-refractivity contribution < 1.29 is 13.6 Å². The first kappa shape index (κ1) is 17.9. The minimum absolute atomic E-state index is 0.359. The van der Waals surface area contributed by atoms with Gasteiger partial charge in [0.25, 0.3) is 0 Å². The molecule has 6 nitrogen and oxygen atoms in total. The van der Waals surface area contributed by atoms with Crippen LogP contribution in [-0.2, 0) is 19.6 Å². The van der Waals surface area contributed by atoms with Crippen molar-refractivity contribution in [1.82, 2.24) is 14.5 Å². The molecule has 4 aromatic rings. The molecule has 6 heteroatoms. The lowest BCUT2D eigenvalue weighted by Gasteiger charge is -2.06. The first-order valence-electron chi connectivity index (χ1n) is 9.19. The summed E-state index contributed by atoms with van der Waals surface area (Å²) in [4.78, 5) is 8.43. The van der Waals surface area contributed by atoms with Gasteiger partial charge >= 0.3 is 0 Å². The van der Waals surface area contributed by atoms with Gasteiger partial charge in [-0.3, -0.25) is 0 Å². The monoisotopic (exact) mass is 375 g/mol. The Kier molecular flexibility index (Phi) is 5.68. The van der Waals surface area contributed by atoms with Gasteiger partial charge in [-0.15, -0.1) is 0 Å². The Labute approximate surface area is 163 Å². The number of rotatable bonds is 9. The maximum absolute atomic E-state index is 5.80. The quantitative estimate of drug-likeness (QED) is 0.418. The van der Waals surface area contributed by atoms with Crippen LogP contribution in [0, 0.1) is 0 Å². The summed E-state index contributed by atoms with van der Waals surface area (Å²) in [6.07, 6.45) is 14.5. The summed E-state index contributed by atoms with van der Waals surface area (Å²) in [6.45, 7) is 1.33. The van der Waals surface area contributed by atoms with Crippen LogP contribution in [0.25, 0.3) is 12.2 Å². The van der Waals surface area contributed by atoms with Gasteiger partial charge < -0.3 is 18.1 Å². The molecule has 142 valence electrons. The molecule has 3 aromatic heterocycles. The van der Waals surface area contributed by atoms with Crippen molar-refractivity contribution in [3.05, 3.63) is 90.6 Å². The van der Waals surface area contributed by atoms with E-state index in [1.54, 1.807) is 24.8 Å². The lowest BCUT2D eigenvalue weighted by atomic mass is 10.1. The fourth-order valence-electron chi connectivity index (χ4n) is 2.80. The van der Waals surface area contributed by atoms with E-state index < -0.39 is 0 Å². The molecule has 0 radical (unpaired) electrons. The van der Waals surface area contributed by atoms with E-state index >= 15 is 0 Å². The molecular weight excluding hydrogens is 354 g/mol. The summed E-state index contributed by atoms with van der Waals surface area (Å²) < 4.78 is 18.5. The minimum Gasteiger partial charge on any atom is -0.487 e. The SMILES string of the molecule is C(=Cc1nc(COc2ccc(CCCn3ccnc3)cc2)co1)c1ccco1. The Balaban J connectivity index is 1.23. The van der Waals surface area contributed by atoms with Crippen LogP contribution < -0.4 is 4.74 Å². The molecule has 3 heterocycles. The number of aryl methyl sites for hydroxylation is 2. The van der Waals surface area contributed by atoms with Crippen LogP contribution in [0.2, 0.25) is 0 Å². The highest BCUT2D eigenvalue weighted by Gasteiger charge is 2.03. The van der Waals surface area contributed by atoms with Crippen molar-refractivity contribution in [2.45, 2.75) is 26.0 Å². The Morgan fingerprint density at radius 2 is 2.00 bits per heavy atom. The summed E-state index contributed by atoms with van der Waals surface area (Å²) in [7, 11) is 0. The topological polar surface area (TPSA) is 66.2 Å². The predicted molar refractivity (Wildman–Crippen MR) is 105 cm³/mol. The third-order valence-corrected chi connectivity index (χ3v) is 4.25. The molecule has 1 aromatic carbocycles. The zero-order chi connectivity index (χ0) is 19.0. The molecular formula is C22H21N3O3. The maximum atomic E-state index is 5.80. The standard InChI is InChI=1S/C22H21N3O3/c1(12-25-13-11-23-17-25)3-18-5-7-21(8-6-18)27-15-19-16-28-22(24-19)10-9-20-4-2-14-26-20/h2,4-11,13-14,16-17H,1,3,12,15H2. The second-order valence-corrected chi connectivity index (χ2v) is 6.36. The Morgan fingerprint density at radius 3 is 2.79 bits per heavy atom.